The van der Waals surface area contributed by atoms with Crippen LogP contribution in [-0.2, 0) is 17.9 Å². The Balaban J connectivity index is 1.51. The van der Waals surface area contributed by atoms with Gasteiger partial charge in [-0.2, -0.15) is 0 Å². The molecule has 4 rings (SSSR count). The highest BCUT2D eigenvalue weighted by Crippen LogP contribution is 2.28. The second-order valence-electron chi connectivity index (χ2n) is 7.10. The fraction of sp³-hybridized carbons (Fsp3) is 0.130. The van der Waals surface area contributed by atoms with E-state index in [1.165, 1.54) is 24.3 Å². The van der Waals surface area contributed by atoms with Crippen molar-refractivity contribution >= 4 is 23.2 Å². The molecule has 8 nitrogen and oxygen atoms in total. The number of hydrogen-bond acceptors (Lipinski definition) is 5. The first-order valence-electron chi connectivity index (χ1n) is 9.63. The molecule has 156 valence electrons. The van der Waals surface area contributed by atoms with Crippen LogP contribution in [0.15, 0.2) is 72.8 Å². The minimum absolute atomic E-state index is 0.0473. The van der Waals surface area contributed by atoms with Gasteiger partial charge in [0.2, 0.25) is 0 Å². The van der Waals surface area contributed by atoms with Gasteiger partial charge in [0.25, 0.3) is 17.5 Å². The Kier molecular flexibility index (Phi) is 5.61. The van der Waals surface area contributed by atoms with E-state index in [0.29, 0.717) is 30.1 Å². The molecule has 0 saturated carbocycles. The van der Waals surface area contributed by atoms with Crippen LogP contribution in [0.3, 0.4) is 0 Å². The van der Waals surface area contributed by atoms with Crippen molar-refractivity contribution in [2.75, 3.05) is 11.9 Å². The summed E-state index contributed by atoms with van der Waals surface area (Å²) in [6.07, 6.45) is 0. The lowest BCUT2D eigenvalue weighted by Gasteiger charge is -2.20. The third kappa shape index (κ3) is 4.69. The Morgan fingerprint density at radius 3 is 2.52 bits per heavy atom. The number of nitro groups is 1. The van der Waals surface area contributed by atoms with Crippen LogP contribution in [0.5, 0.6) is 5.75 Å². The van der Waals surface area contributed by atoms with E-state index in [-0.39, 0.29) is 24.1 Å². The summed E-state index contributed by atoms with van der Waals surface area (Å²) in [4.78, 5) is 37.0. The number of ether oxygens (including phenoxy) is 1. The molecule has 1 aliphatic heterocycles. The Morgan fingerprint density at radius 2 is 1.81 bits per heavy atom. The third-order valence-electron chi connectivity index (χ3n) is 4.94. The average molecular weight is 417 g/mol. The lowest BCUT2D eigenvalue weighted by atomic mass is 10.1. The SMILES string of the molecule is O=C(Nc1ccc2c(c1)CN(Cc1ccccc1)C(=O)CO2)c1ccc([N+](=O)[O-])cc1. The Hall–Kier alpha value is -4.20. The van der Waals surface area contributed by atoms with Crippen LogP contribution in [0, 0.1) is 10.1 Å². The van der Waals surface area contributed by atoms with Crippen molar-refractivity contribution in [2.24, 2.45) is 0 Å². The van der Waals surface area contributed by atoms with E-state index in [0.717, 1.165) is 11.1 Å². The molecule has 8 heteroatoms. The van der Waals surface area contributed by atoms with Gasteiger partial charge in [-0.25, -0.2) is 0 Å². The van der Waals surface area contributed by atoms with Gasteiger partial charge in [-0.3, -0.25) is 19.7 Å². The molecule has 2 amide bonds. The Labute approximate surface area is 178 Å². The van der Waals surface area contributed by atoms with E-state index in [2.05, 4.69) is 5.32 Å². The molecule has 0 bridgehead atoms. The van der Waals surface area contributed by atoms with E-state index < -0.39 is 4.92 Å². The number of benzene rings is 3. The van der Waals surface area contributed by atoms with Gasteiger partial charge in [0.15, 0.2) is 6.61 Å². The van der Waals surface area contributed by atoms with Gasteiger partial charge in [-0.05, 0) is 35.9 Å². The molecule has 31 heavy (non-hydrogen) atoms. The number of non-ortho nitro benzene ring substituents is 1. The number of fused-ring (bicyclic) bond motifs is 1. The topological polar surface area (TPSA) is 102 Å². The highest BCUT2D eigenvalue weighted by molar-refractivity contribution is 6.04. The van der Waals surface area contributed by atoms with E-state index in [4.69, 9.17) is 4.74 Å². The molecule has 0 radical (unpaired) electrons. The van der Waals surface area contributed by atoms with E-state index in [1.54, 1.807) is 23.1 Å². The Morgan fingerprint density at radius 1 is 1.06 bits per heavy atom. The van der Waals surface area contributed by atoms with Gasteiger partial charge in [-0.1, -0.05) is 30.3 Å². The van der Waals surface area contributed by atoms with Crippen LogP contribution in [-0.4, -0.2) is 28.2 Å². The molecule has 0 aliphatic carbocycles. The maximum Gasteiger partial charge on any atom is 0.269 e. The second kappa shape index (κ2) is 8.66. The number of nitrogens with one attached hydrogen (secondary N) is 1. The van der Waals surface area contributed by atoms with E-state index in [9.17, 15) is 19.7 Å². The second-order valence-corrected chi connectivity index (χ2v) is 7.10. The number of anilines is 1. The fourth-order valence-electron chi connectivity index (χ4n) is 3.33. The predicted molar refractivity (Wildman–Crippen MR) is 114 cm³/mol. The van der Waals surface area contributed by atoms with Crippen LogP contribution in [0.4, 0.5) is 11.4 Å². The third-order valence-corrected chi connectivity index (χ3v) is 4.94. The van der Waals surface area contributed by atoms with Crippen LogP contribution >= 0.6 is 0 Å². The standard InChI is InChI=1S/C23H19N3O5/c27-22-15-31-21-11-8-19(24-23(28)17-6-9-20(10-7-17)26(29)30)12-18(21)14-25(22)13-16-4-2-1-3-5-16/h1-12H,13-15H2,(H,24,28). The van der Waals surface area contributed by atoms with Gasteiger partial charge in [-0.15, -0.1) is 0 Å². The molecular weight excluding hydrogens is 398 g/mol. The summed E-state index contributed by atoms with van der Waals surface area (Å²) in [5.74, 6) is 0.0929. The summed E-state index contributed by atoms with van der Waals surface area (Å²) in [6.45, 7) is 0.764. The summed E-state index contributed by atoms with van der Waals surface area (Å²) in [6, 6.07) is 20.3. The van der Waals surface area contributed by atoms with Crippen molar-refractivity contribution in [3.8, 4) is 5.75 Å². The first-order valence-corrected chi connectivity index (χ1v) is 9.63. The highest BCUT2D eigenvalue weighted by atomic mass is 16.6. The molecule has 0 saturated heterocycles. The largest absolute Gasteiger partial charge is 0.483 e. The summed E-state index contributed by atoms with van der Waals surface area (Å²) in [7, 11) is 0. The minimum atomic E-state index is -0.517. The van der Waals surface area contributed by atoms with Crippen molar-refractivity contribution in [2.45, 2.75) is 13.1 Å². The lowest BCUT2D eigenvalue weighted by molar-refractivity contribution is -0.384. The lowest BCUT2D eigenvalue weighted by Crippen LogP contribution is -2.31. The minimum Gasteiger partial charge on any atom is -0.483 e. The Bertz CT molecular complexity index is 1130. The van der Waals surface area contributed by atoms with Crippen molar-refractivity contribution in [1.29, 1.82) is 0 Å². The molecule has 1 aliphatic rings. The number of carbonyl (C=O) groups excluding carboxylic acids is 2. The maximum absolute atomic E-state index is 12.5. The summed E-state index contributed by atoms with van der Waals surface area (Å²) >= 11 is 0. The molecule has 0 atom stereocenters. The van der Waals surface area contributed by atoms with Crippen molar-refractivity contribution in [1.82, 2.24) is 4.90 Å². The quantitative estimate of drug-likeness (QED) is 0.503. The molecular formula is C23H19N3O5. The van der Waals surface area contributed by atoms with Gasteiger partial charge >= 0.3 is 0 Å². The first-order chi connectivity index (χ1) is 15.0. The monoisotopic (exact) mass is 417 g/mol. The maximum atomic E-state index is 12.5. The summed E-state index contributed by atoms with van der Waals surface area (Å²) in [5, 5.41) is 13.6. The van der Waals surface area contributed by atoms with Crippen LogP contribution in [0.2, 0.25) is 0 Å². The van der Waals surface area contributed by atoms with E-state index in [1.807, 2.05) is 30.3 Å². The molecule has 1 N–H and O–H groups in total. The van der Waals surface area contributed by atoms with Gasteiger partial charge in [0.1, 0.15) is 5.75 Å². The first kappa shape index (κ1) is 20.1. The summed E-state index contributed by atoms with van der Waals surface area (Å²) < 4.78 is 5.64. The number of carbonyl (C=O) groups is 2. The molecule has 0 spiro atoms. The van der Waals surface area contributed by atoms with Crippen LogP contribution in [0.1, 0.15) is 21.5 Å². The summed E-state index contributed by atoms with van der Waals surface area (Å²) in [5.41, 5.74) is 2.56. The van der Waals surface area contributed by atoms with E-state index >= 15 is 0 Å². The highest BCUT2D eigenvalue weighted by Gasteiger charge is 2.22. The number of rotatable bonds is 5. The average Bonchev–Trinajstić information content (AvgIpc) is 2.93. The number of nitro benzene ring substituents is 1. The molecule has 0 aromatic heterocycles. The molecule has 3 aromatic carbocycles. The molecule has 3 aromatic rings. The molecule has 0 unspecified atom stereocenters. The number of nitrogens with zero attached hydrogens (tertiary/aromatic N) is 2. The van der Waals surface area contributed by atoms with Crippen molar-refractivity contribution in [3.05, 3.63) is 99.6 Å². The smallest absolute Gasteiger partial charge is 0.269 e. The van der Waals surface area contributed by atoms with Gasteiger partial charge in [0, 0.05) is 42.0 Å². The zero-order valence-corrected chi connectivity index (χ0v) is 16.5. The zero-order valence-electron chi connectivity index (χ0n) is 16.5. The van der Waals surface area contributed by atoms with Gasteiger partial charge < -0.3 is 15.0 Å². The van der Waals surface area contributed by atoms with Crippen molar-refractivity contribution < 1.29 is 19.2 Å². The molecule has 0 fully saturated rings. The normalized spacial score (nSPS) is 13.0. The number of amides is 2. The molecule has 1 heterocycles. The number of hydrogen-bond donors (Lipinski definition) is 1. The van der Waals surface area contributed by atoms with Crippen LogP contribution in [0.25, 0.3) is 0 Å². The zero-order chi connectivity index (χ0) is 21.8. The fourth-order valence-corrected chi connectivity index (χ4v) is 3.33. The van der Waals surface area contributed by atoms with Crippen LogP contribution < -0.4 is 10.1 Å². The predicted octanol–water partition coefficient (Wildman–Crippen LogP) is 3.77. The van der Waals surface area contributed by atoms with Crippen molar-refractivity contribution in [3.63, 3.8) is 0 Å². The van der Waals surface area contributed by atoms with Gasteiger partial charge in [0.05, 0.1) is 4.92 Å².